The summed E-state index contributed by atoms with van der Waals surface area (Å²) in [5.74, 6) is 0. The van der Waals surface area contributed by atoms with Crippen LogP contribution in [0.4, 0.5) is 0 Å². The van der Waals surface area contributed by atoms with Crippen LogP contribution in [-0.4, -0.2) is 11.3 Å². The minimum absolute atomic E-state index is 0. The Hall–Kier alpha value is -3.82. The molecule has 2 heterocycles. The maximum absolute atomic E-state index is 2.40. The second-order valence-corrected chi connectivity index (χ2v) is 22.0. The number of fused-ring (bicyclic) bond motifs is 14. The molecule has 57 heavy (non-hydrogen) atoms. The van der Waals surface area contributed by atoms with Crippen molar-refractivity contribution in [3.8, 4) is 22.3 Å². The van der Waals surface area contributed by atoms with Gasteiger partial charge in [0.15, 0.2) is 0 Å². The number of rotatable bonds is 2. The summed E-state index contributed by atoms with van der Waals surface area (Å²) in [4.78, 5) is 0. The van der Waals surface area contributed by atoms with E-state index >= 15 is 0 Å². The molecule has 0 N–H and O–H groups in total. The maximum atomic E-state index is 2.40. The average Bonchev–Trinajstić information content (AvgIpc) is 3.94. The summed E-state index contributed by atoms with van der Waals surface area (Å²) in [6.07, 6.45) is 16.7. The van der Waals surface area contributed by atoms with Gasteiger partial charge in [-0.1, -0.05) is 187 Å². The van der Waals surface area contributed by atoms with Crippen molar-refractivity contribution in [2.75, 3.05) is 0 Å². The van der Waals surface area contributed by atoms with Gasteiger partial charge in [0.05, 0.1) is 0 Å². The predicted octanol–water partition coefficient (Wildman–Crippen LogP) is 16.2. The van der Waals surface area contributed by atoms with Crippen molar-refractivity contribution in [1.29, 1.82) is 0 Å². The Morgan fingerprint density at radius 3 is 0.807 bits per heavy atom. The topological polar surface area (TPSA) is 0 Å². The predicted molar refractivity (Wildman–Crippen MR) is 247 cm³/mol. The largest absolute Gasteiger partial charge is 0.0945 e. The van der Waals surface area contributed by atoms with E-state index in [9.17, 15) is 0 Å². The molecule has 8 aromatic carbocycles. The smallest absolute Gasteiger partial charge is 0 e. The molecule has 0 nitrogen and oxygen atoms in total. The van der Waals surface area contributed by atoms with Gasteiger partial charge in [0.2, 0.25) is 0 Å². The van der Waals surface area contributed by atoms with Gasteiger partial charge in [0.1, 0.15) is 0 Å². The van der Waals surface area contributed by atoms with E-state index < -0.39 is 0 Å². The Kier molecular flexibility index (Phi) is 10.6. The van der Waals surface area contributed by atoms with E-state index in [0.29, 0.717) is 0 Å². The Morgan fingerprint density at radius 1 is 0.298 bits per heavy atom. The zero-order valence-corrected chi connectivity index (χ0v) is 35.6. The van der Waals surface area contributed by atoms with Crippen molar-refractivity contribution in [3.63, 3.8) is 0 Å². The molecule has 2 aliphatic heterocycles. The molecular formula is C54H50FeP2. The first kappa shape index (κ1) is 37.4. The second-order valence-electron chi connectivity index (χ2n) is 16.9. The van der Waals surface area contributed by atoms with Crippen LogP contribution in [0.1, 0.15) is 73.6 Å². The minimum Gasteiger partial charge on any atom is -0.0945 e. The first-order valence-electron chi connectivity index (χ1n) is 21.3. The Bertz CT molecular complexity index is 2390. The van der Waals surface area contributed by atoms with Crippen LogP contribution in [0.15, 0.2) is 146 Å². The fourth-order valence-electron chi connectivity index (χ4n) is 11.0. The maximum Gasteiger partial charge on any atom is 0 e. The molecule has 12 rings (SSSR count). The van der Waals surface area contributed by atoms with Crippen molar-refractivity contribution >= 4 is 58.9 Å². The SMILES string of the molecule is [Fe].c1ccc2c3c(ccc2c1)-c1ccc2ccccc2c1CP(C1CCCC1)C3.c1ccc2c3c(ccc2c1)-c1ccc2ccccc2c1CP(C1CCCC1)C3. The molecule has 0 radical (unpaired) electrons. The molecule has 4 aliphatic rings. The molecule has 0 amide bonds. The van der Waals surface area contributed by atoms with Gasteiger partial charge in [-0.2, -0.15) is 0 Å². The molecule has 3 heteroatoms. The van der Waals surface area contributed by atoms with Gasteiger partial charge in [-0.3, -0.25) is 0 Å². The standard InChI is InChI=1S/2C27H25P.Fe/c2*1-5-11-22-19(7-1)13-15-24-25-16-14-20-8-2-6-12-23(20)27(25)18-28(17-26(22)24)21-9-3-4-10-21;/h2*1-2,5-8,11-16,21H,3-4,9-10,17-18H2;. The summed E-state index contributed by atoms with van der Waals surface area (Å²) < 4.78 is 0. The van der Waals surface area contributed by atoms with Crippen LogP contribution in [0.2, 0.25) is 0 Å². The van der Waals surface area contributed by atoms with E-state index in [1.54, 1.807) is 22.3 Å². The summed E-state index contributed by atoms with van der Waals surface area (Å²) in [5, 5.41) is 11.5. The fraction of sp³-hybridized carbons (Fsp3) is 0.259. The van der Waals surface area contributed by atoms with Crippen molar-refractivity contribution < 1.29 is 17.1 Å². The van der Waals surface area contributed by atoms with Crippen LogP contribution in [0, 0.1) is 0 Å². The van der Waals surface area contributed by atoms with Crippen molar-refractivity contribution in [3.05, 3.63) is 168 Å². The first-order chi connectivity index (χ1) is 27.8. The van der Waals surface area contributed by atoms with Crippen LogP contribution in [-0.2, 0) is 41.7 Å². The average molecular weight is 817 g/mol. The minimum atomic E-state index is -0.0191. The number of hydrogen-bond acceptors (Lipinski definition) is 0. The quantitative estimate of drug-likeness (QED) is 0.120. The zero-order chi connectivity index (χ0) is 37.0. The molecule has 2 aliphatic carbocycles. The van der Waals surface area contributed by atoms with Crippen LogP contribution < -0.4 is 0 Å². The van der Waals surface area contributed by atoms with Gasteiger partial charge >= 0.3 is 0 Å². The first-order valence-corrected chi connectivity index (χ1v) is 24.8. The van der Waals surface area contributed by atoms with E-state index in [-0.39, 0.29) is 32.9 Å². The summed E-state index contributed by atoms with van der Waals surface area (Å²) in [6, 6.07) is 55.0. The molecule has 0 aromatic heterocycles. The van der Waals surface area contributed by atoms with Crippen LogP contribution in [0.5, 0.6) is 0 Å². The van der Waals surface area contributed by atoms with Gasteiger partial charge in [-0.15, -0.1) is 0 Å². The van der Waals surface area contributed by atoms with E-state index in [1.165, 1.54) is 141 Å². The molecule has 0 bridgehead atoms. The third-order valence-corrected chi connectivity index (χ3v) is 19.9. The molecule has 0 spiro atoms. The van der Waals surface area contributed by atoms with E-state index in [0.717, 1.165) is 11.3 Å². The second kappa shape index (κ2) is 16.1. The van der Waals surface area contributed by atoms with Crippen LogP contribution >= 0.6 is 15.8 Å². The van der Waals surface area contributed by atoms with E-state index in [2.05, 4.69) is 146 Å². The van der Waals surface area contributed by atoms with Gasteiger partial charge in [0, 0.05) is 17.1 Å². The molecule has 2 saturated carbocycles. The molecule has 0 unspecified atom stereocenters. The fourth-order valence-corrected chi connectivity index (χ4v) is 17.4. The Labute approximate surface area is 351 Å². The summed E-state index contributed by atoms with van der Waals surface area (Å²) in [5.41, 5.74) is 14.3. The summed E-state index contributed by atoms with van der Waals surface area (Å²) >= 11 is 0. The Balaban J connectivity index is 0.000000137. The van der Waals surface area contributed by atoms with Crippen LogP contribution in [0.25, 0.3) is 65.3 Å². The van der Waals surface area contributed by atoms with Crippen molar-refractivity contribution in [2.24, 2.45) is 0 Å². The number of hydrogen-bond donors (Lipinski definition) is 0. The normalized spacial score (nSPS) is 17.3. The van der Waals surface area contributed by atoms with Crippen molar-refractivity contribution in [2.45, 2.75) is 87.3 Å². The summed E-state index contributed by atoms with van der Waals surface area (Å²) in [7, 11) is -0.0382. The van der Waals surface area contributed by atoms with E-state index in [1.807, 2.05) is 0 Å². The third kappa shape index (κ3) is 6.88. The zero-order valence-electron chi connectivity index (χ0n) is 32.7. The molecular weight excluding hydrogens is 766 g/mol. The molecule has 0 saturated heterocycles. The number of benzene rings is 8. The van der Waals surface area contributed by atoms with Gasteiger partial charge < -0.3 is 0 Å². The molecule has 8 aromatic rings. The van der Waals surface area contributed by atoms with Crippen molar-refractivity contribution in [1.82, 2.24) is 0 Å². The van der Waals surface area contributed by atoms with E-state index in [4.69, 9.17) is 0 Å². The molecule has 284 valence electrons. The van der Waals surface area contributed by atoms with Crippen LogP contribution in [0.3, 0.4) is 0 Å². The monoisotopic (exact) mass is 816 g/mol. The molecule has 2 fully saturated rings. The van der Waals surface area contributed by atoms with Gasteiger partial charge in [0.25, 0.3) is 0 Å². The summed E-state index contributed by atoms with van der Waals surface area (Å²) in [6.45, 7) is 0. The molecule has 0 atom stereocenters. The third-order valence-electron chi connectivity index (χ3n) is 13.9. The van der Waals surface area contributed by atoms with Gasteiger partial charge in [-0.05, 0) is 149 Å². The Morgan fingerprint density at radius 2 is 0.544 bits per heavy atom. The van der Waals surface area contributed by atoms with Gasteiger partial charge in [-0.25, -0.2) is 0 Å².